The fourth-order valence-corrected chi connectivity index (χ4v) is 3.12. The maximum atomic E-state index is 12.5. The van der Waals surface area contributed by atoms with Gasteiger partial charge in [-0.2, -0.15) is 8.78 Å². The van der Waals surface area contributed by atoms with Gasteiger partial charge in [0, 0.05) is 23.6 Å². The zero-order valence-electron chi connectivity index (χ0n) is 12.8. The van der Waals surface area contributed by atoms with Gasteiger partial charge in [0.25, 0.3) is 0 Å². The van der Waals surface area contributed by atoms with E-state index in [4.69, 9.17) is 23.2 Å². The summed E-state index contributed by atoms with van der Waals surface area (Å²) in [5.41, 5.74) is 0.318. The fourth-order valence-electron chi connectivity index (χ4n) is 2.54. The first-order chi connectivity index (χ1) is 11.0. The molecule has 1 aromatic rings. The number of ether oxygens (including phenoxy) is 1. The highest BCUT2D eigenvalue weighted by Crippen LogP contribution is 2.33. The summed E-state index contributed by atoms with van der Waals surface area (Å²) in [5, 5.41) is 6.21. The lowest BCUT2D eigenvalue weighted by atomic mass is 10.0. The number of alkyl halides is 2. The molecule has 136 valence electrons. The number of amides is 1. The van der Waals surface area contributed by atoms with Gasteiger partial charge < -0.3 is 15.4 Å². The van der Waals surface area contributed by atoms with E-state index in [1.54, 1.807) is 0 Å². The molecule has 0 spiro atoms. The molecule has 1 aromatic carbocycles. The van der Waals surface area contributed by atoms with Gasteiger partial charge in [0.1, 0.15) is 5.75 Å². The van der Waals surface area contributed by atoms with Crippen LogP contribution in [-0.2, 0) is 11.3 Å². The van der Waals surface area contributed by atoms with Gasteiger partial charge in [-0.05, 0) is 44.0 Å². The van der Waals surface area contributed by atoms with E-state index in [0.29, 0.717) is 17.9 Å². The summed E-state index contributed by atoms with van der Waals surface area (Å²) in [6.07, 6.45) is 2.27. The molecule has 0 radical (unpaired) electrons. The summed E-state index contributed by atoms with van der Waals surface area (Å²) in [5.74, 6) is 0.210. The molecule has 1 aliphatic heterocycles. The van der Waals surface area contributed by atoms with E-state index in [1.165, 1.54) is 12.1 Å². The van der Waals surface area contributed by atoms with Crippen molar-refractivity contribution >= 4 is 41.5 Å². The van der Waals surface area contributed by atoms with Crippen LogP contribution in [-0.4, -0.2) is 25.6 Å². The second-order valence-corrected chi connectivity index (χ2v) is 6.27. The van der Waals surface area contributed by atoms with E-state index in [-0.39, 0.29) is 40.7 Å². The van der Waals surface area contributed by atoms with Crippen molar-refractivity contribution in [2.24, 2.45) is 5.92 Å². The number of hydrogen-bond donors (Lipinski definition) is 2. The second-order valence-electron chi connectivity index (χ2n) is 5.43. The van der Waals surface area contributed by atoms with Crippen LogP contribution in [0.2, 0.25) is 10.0 Å². The average molecular weight is 404 g/mol. The van der Waals surface area contributed by atoms with Crippen molar-refractivity contribution in [3.63, 3.8) is 0 Å². The van der Waals surface area contributed by atoms with Gasteiger partial charge in [0.15, 0.2) is 0 Å². The number of nitrogens with one attached hydrogen (secondary N) is 2. The van der Waals surface area contributed by atoms with E-state index in [2.05, 4.69) is 15.4 Å². The number of benzene rings is 1. The number of rotatable bonds is 7. The maximum absolute atomic E-state index is 12.5. The molecule has 0 saturated carbocycles. The molecule has 0 bridgehead atoms. The Labute approximate surface area is 155 Å². The predicted molar refractivity (Wildman–Crippen MR) is 92.4 cm³/mol. The molecule has 0 aliphatic carbocycles. The van der Waals surface area contributed by atoms with Gasteiger partial charge in [0.2, 0.25) is 5.91 Å². The van der Waals surface area contributed by atoms with E-state index in [0.717, 1.165) is 25.9 Å². The average Bonchev–Trinajstić information content (AvgIpc) is 2.99. The molecule has 1 amide bonds. The summed E-state index contributed by atoms with van der Waals surface area (Å²) >= 11 is 11.8. The highest BCUT2D eigenvalue weighted by molar-refractivity contribution is 6.35. The van der Waals surface area contributed by atoms with Crippen molar-refractivity contribution in [1.29, 1.82) is 0 Å². The van der Waals surface area contributed by atoms with Gasteiger partial charge in [-0.1, -0.05) is 23.2 Å². The van der Waals surface area contributed by atoms with E-state index >= 15 is 0 Å². The van der Waals surface area contributed by atoms with Crippen LogP contribution in [0.4, 0.5) is 8.78 Å². The molecule has 1 heterocycles. The minimum atomic E-state index is -3.00. The van der Waals surface area contributed by atoms with Crippen LogP contribution in [0.3, 0.4) is 0 Å². The quantitative estimate of drug-likeness (QED) is 0.723. The van der Waals surface area contributed by atoms with Gasteiger partial charge >= 0.3 is 6.61 Å². The molecule has 1 fully saturated rings. The largest absolute Gasteiger partial charge is 0.433 e. The van der Waals surface area contributed by atoms with E-state index in [9.17, 15) is 13.6 Å². The van der Waals surface area contributed by atoms with Crippen LogP contribution < -0.4 is 15.4 Å². The highest BCUT2D eigenvalue weighted by Gasteiger charge is 2.18. The molecule has 0 aromatic heterocycles. The SMILES string of the molecule is Cl.O=C(CCC1CCNC1)NCc1cc(Cl)cc(Cl)c1OC(F)F. The first kappa shape index (κ1) is 21.2. The van der Waals surface area contributed by atoms with Crippen LogP contribution >= 0.6 is 35.6 Å². The lowest BCUT2D eigenvalue weighted by molar-refractivity contribution is -0.121. The molecule has 2 rings (SSSR count). The normalized spacial score (nSPS) is 16.8. The van der Waals surface area contributed by atoms with Crippen LogP contribution in [0, 0.1) is 5.92 Å². The summed E-state index contributed by atoms with van der Waals surface area (Å²) in [6.45, 7) is -1.05. The van der Waals surface area contributed by atoms with Gasteiger partial charge in [-0.25, -0.2) is 0 Å². The summed E-state index contributed by atoms with van der Waals surface area (Å²) < 4.78 is 29.4. The van der Waals surface area contributed by atoms with Crippen molar-refractivity contribution in [2.45, 2.75) is 32.4 Å². The Hall–Kier alpha value is -0.820. The number of carbonyl (C=O) groups excluding carboxylic acids is 1. The summed E-state index contributed by atoms with van der Waals surface area (Å²) in [6, 6.07) is 2.77. The molecule has 9 heteroatoms. The van der Waals surface area contributed by atoms with Gasteiger partial charge in [-0.15, -0.1) is 12.4 Å². The minimum Gasteiger partial charge on any atom is -0.433 e. The van der Waals surface area contributed by atoms with Crippen LogP contribution in [0.1, 0.15) is 24.8 Å². The molecular weight excluding hydrogens is 385 g/mol. The third-order valence-electron chi connectivity index (χ3n) is 3.71. The van der Waals surface area contributed by atoms with Gasteiger partial charge in [0.05, 0.1) is 5.02 Å². The predicted octanol–water partition coefficient (Wildman–Crippen LogP) is 4.02. The Bertz CT molecular complexity index is 556. The van der Waals surface area contributed by atoms with Crippen LogP contribution in [0.5, 0.6) is 5.75 Å². The Morgan fingerprint density at radius 3 is 2.79 bits per heavy atom. The summed E-state index contributed by atoms with van der Waals surface area (Å²) in [7, 11) is 0. The third-order valence-corrected chi connectivity index (χ3v) is 4.21. The standard InChI is InChI=1S/C15H18Cl2F2N2O2.ClH/c16-11-5-10(14(12(17)6-11)23-15(18)19)8-21-13(22)2-1-9-3-4-20-7-9;/h5-6,9,15,20H,1-4,7-8H2,(H,21,22);1H. The molecule has 4 nitrogen and oxygen atoms in total. The Kier molecular flexibility index (Phi) is 9.05. The first-order valence-electron chi connectivity index (χ1n) is 7.36. The maximum Gasteiger partial charge on any atom is 0.387 e. The number of hydrogen-bond acceptors (Lipinski definition) is 3. The van der Waals surface area contributed by atoms with Crippen molar-refractivity contribution in [1.82, 2.24) is 10.6 Å². The van der Waals surface area contributed by atoms with E-state index < -0.39 is 6.61 Å². The molecule has 1 aliphatic rings. The topological polar surface area (TPSA) is 50.4 Å². The molecule has 1 unspecified atom stereocenters. The van der Waals surface area contributed by atoms with Crippen LogP contribution in [0.25, 0.3) is 0 Å². The number of carbonyl (C=O) groups is 1. The van der Waals surface area contributed by atoms with E-state index in [1.807, 2.05) is 0 Å². The molecular formula is C15H19Cl3F2N2O2. The number of halogens is 5. The monoisotopic (exact) mass is 402 g/mol. The Morgan fingerprint density at radius 1 is 1.42 bits per heavy atom. The van der Waals surface area contributed by atoms with Crippen molar-refractivity contribution in [3.05, 3.63) is 27.7 Å². The summed E-state index contributed by atoms with van der Waals surface area (Å²) in [4.78, 5) is 11.9. The smallest absolute Gasteiger partial charge is 0.387 e. The molecule has 24 heavy (non-hydrogen) atoms. The van der Waals surface area contributed by atoms with Crippen molar-refractivity contribution in [2.75, 3.05) is 13.1 Å². The molecule has 1 saturated heterocycles. The van der Waals surface area contributed by atoms with Crippen LogP contribution in [0.15, 0.2) is 12.1 Å². The highest BCUT2D eigenvalue weighted by atomic mass is 35.5. The third kappa shape index (κ3) is 6.59. The zero-order chi connectivity index (χ0) is 16.8. The minimum absolute atomic E-state index is 0. The lowest BCUT2D eigenvalue weighted by Gasteiger charge is -2.14. The Balaban J connectivity index is 0.00000288. The fraction of sp³-hybridized carbons (Fsp3) is 0.533. The Morgan fingerprint density at radius 2 is 2.17 bits per heavy atom. The molecule has 1 atom stereocenters. The lowest BCUT2D eigenvalue weighted by Crippen LogP contribution is -2.24. The van der Waals surface area contributed by atoms with Crippen molar-refractivity contribution in [3.8, 4) is 5.75 Å². The van der Waals surface area contributed by atoms with Crippen molar-refractivity contribution < 1.29 is 18.3 Å². The van der Waals surface area contributed by atoms with Gasteiger partial charge in [-0.3, -0.25) is 4.79 Å². The molecule has 2 N–H and O–H groups in total. The first-order valence-corrected chi connectivity index (χ1v) is 8.11. The second kappa shape index (κ2) is 10.2. The zero-order valence-corrected chi connectivity index (χ0v) is 15.1.